The number of nitrogens with one attached hydrogen (secondary N) is 1. The van der Waals surface area contributed by atoms with E-state index in [9.17, 15) is 5.21 Å². The van der Waals surface area contributed by atoms with Gasteiger partial charge in [-0.1, -0.05) is 15.9 Å². The van der Waals surface area contributed by atoms with Crippen LogP contribution < -0.4 is 5.43 Å². The predicted octanol–water partition coefficient (Wildman–Crippen LogP) is 2.37. The zero-order chi connectivity index (χ0) is 8.97. The highest BCUT2D eigenvalue weighted by Crippen LogP contribution is 2.13. The number of halogens is 1. The minimum absolute atomic E-state index is 0.460. The second-order valence-corrected chi connectivity index (χ2v) is 3.10. The van der Waals surface area contributed by atoms with Crippen LogP contribution >= 0.6 is 15.9 Å². The zero-order valence-corrected chi connectivity index (χ0v) is 8.08. The first-order chi connectivity index (χ1) is 5.68. The number of benzene rings is 1. The van der Waals surface area contributed by atoms with Gasteiger partial charge in [-0.2, -0.15) is 4.86 Å². The van der Waals surface area contributed by atoms with Crippen molar-refractivity contribution in [2.75, 3.05) is 12.5 Å². The van der Waals surface area contributed by atoms with Crippen molar-refractivity contribution >= 4 is 21.6 Å². The van der Waals surface area contributed by atoms with E-state index in [1.807, 2.05) is 24.3 Å². The van der Waals surface area contributed by atoms with Crippen LogP contribution in [0, 0.1) is 5.21 Å². The molecule has 0 atom stereocenters. The van der Waals surface area contributed by atoms with Gasteiger partial charge in [0.15, 0.2) is 0 Å². The summed E-state index contributed by atoms with van der Waals surface area (Å²) in [7, 11) is 1.31. The quantitative estimate of drug-likeness (QED) is 0.481. The Labute approximate surface area is 78.6 Å². The van der Waals surface area contributed by atoms with Gasteiger partial charge in [-0.05, 0) is 24.3 Å². The fourth-order valence-corrected chi connectivity index (χ4v) is 0.917. The van der Waals surface area contributed by atoms with E-state index in [1.165, 1.54) is 7.05 Å². The van der Waals surface area contributed by atoms with Gasteiger partial charge in [-0.15, -0.1) is 5.43 Å². The average molecular weight is 230 g/mol. The summed E-state index contributed by atoms with van der Waals surface area (Å²) in [4.78, 5) is 0.460. The lowest BCUT2D eigenvalue weighted by Crippen LogP contribution is -1.96. The molecule has 0 bridgehead atoms. The number of nitrogens with zero attached hydrogens (tertiary/aromatic N) is 2. The number of anilines is 1. The van der Waals surface area contributed by atoms with Gasteiger partial charge in [-0.25, -0.2) is 0 Å². The molecular formula is C7H8BrN3O. The number of rotatable bonds is 2. The monoisotopic (exact) mass is 229 g/mol. The lowest BCUT2D eigenvalue weighted by Gasteiger charge is -1.97. The number of hydrogen-bond donors (Lipinski definition) is 1. The van der Waals surface area contributed by atoms with Gasteiger partial charge in [-0.3, -0.25) is 0 Å². The fraction of sp³-hybridized carbons (Fsp3) is 0.143. The van der Waals surface area contributed by atoms with Crippen molar-refractivity contribution < 1.29 is 4.86 Å². The molecule has 5 heteroatoms. The summed E-state index contributed by atoms with van der Waals surface area (Å²) in [6.07, 6.45) is 0. The lowest BCUT2D eigenvalue weighted by molar-refractivity contribution is -0.497. The van der Waals surface area contributed by atoms with E-state index in [0.717, 1.165) is 10.2 Å². The van der Waals surface area contributed by atoms with E-state index in [-0.39, 0.29) is 0 Å². The van der Waals surface area contributed by atoms with Crippen LogP contribution in [0.3, 0.4) is 0 Å². The fourth-order valence-electron chi connectivity index (χ4n) is 0.653. The molecule has 0 aliphatic heterocycles. The highest BCUT2D eigenvalue weighted by Gasteiger charge is 1.93. The molecule has 1 aromatic rings. The van der Waals surface area contributed by atoms with Crippen LogP contribution in [0.1, 0.15) is 0 Å². The first-order valence-electron chi connectivity index (χ1n) is 3.31. The highest BCUT2D eigenvalue weighted by molar-refractivity contribution is 9.10. The summed E-state index contributed by atoms with van der Waals surface area (Å²) >= 11 is 3.29. The normalized spacial score (nSPS) is 11.3. The van der Waals surface area contributed by atoms with Crippen molar-refractivity contribution in [3.8, 4) is 0 Å². The Morgan fingerprint density at radius 1 is 1.42 bits per heavy atom. The Morgan fingerprint density at radius 2 is 2.00 bits per heavy atom. The molecule has 1 rings (SSSR count). The van der Waals surface area contributed by atoms with Crippen LogP contribution in [-0.4, -0.2) is 11.9 Å². The molecule has 0 fully saturated rings. The van der Waals surface area contributed by atoms with Gasteiger partial charge in [0, 0.05) is 4.47 Å². The van der Waals surface area contributed by atoms with Crippen molar-refractivity contribution in [2.45, 2.75) is 0 Å². The SMILES string of the molecule is C/[N+]([O-])=N\Nc1ccc(Br)cc1. The first-order valence-corrected chi connectivity index (χ1v) is 4.11. The molecule has 1 N–H and O–H groups in total. The van der Waals surface area contributed by atoms with Crippen LogP contribution in [0.15, 0.2) is 34.0 Å². The Morgan fingerprint density at radius 3 is 2.50 bits per heavy atom. The van der Waals surface area contributed by atoms with Crippen molar-refractivity contribution in [2.24, 2.45) is 5.22 Å². The molecule has 64 valence electrons. The van der Waals surface area contributed by atoms with Gasteiger partial charge in [0.05, 0.1) is 5.22 Å². The van der Waals surface area contributed by atoms with Gasteiger partial charge in [0.2, 0.25) is 0 Å². The minimum Gasteiger partial charge on any atom is -0.696 e. The molecule has 1 aromatic carbocycles. The molecule has 0 spiro atoms. The molecule has 0 aliphatic rings. The smallest absolute Gasteiger partial charge is 0.146 e. The molecule has 4 nitrogen and oxygen atoms in total. The summed E-state index contributed by atoms with van der Waals surface area (Å²) in [5.74, 6) is 0. The third-order valence-corrected chi connectivity index (χ3v) is 1.69. The van der Waals surface area contributed by atoms with Crippen molar-refractivity contribution in [3.63, 3.8) is 0 Å². The molecule has 0 saturated heterocycles. The topological polar surface area (TPSA) is 50.5 Å². The summed E-state index contributed by atoms with van der Waals surface area (Å²) in [5.41, 5.74) is 3.37. The molecule has 0 aliphatic carbocycles. The maximum Gasteiger partial charge on any atom is 0.146 e. The third-order valence-electron chi connectivity index (χ3n) is 1.16. The van der Waals surface area contributed by atoms with Crippen molar-refractivity contribution in [1.82, 2.24) is 0 Å². The van der Waals surface area contributed by atoms with Crippen LogP contribution in [0.2, 0.25) is 0 Å². The van der Waals surface area contributed by atoms with Gasteiger partial charge >= 0.3 is 0 Å². The van der Waals surface area contributed by atoms with Gasteiger partial charge < -0.3 is 5.21 Å². The maximum absolute atomic E-state index is 10.4. The lowest BCUT2D eigenvalue weighted by atomic mass is 10.3. The first kappa shape index (κ1) is 8.99. The second kappa shape index (κ2) is 4.06. The van der Waals surface area contributed by atoms with Gasteiger partial charge in [0.25, 0.3) is 0 Å². The molecule has 0 amide bonds. The van der Waals surface area contributed by atoms with E-state index < -0.39 is 0 Å². The summed E-state index contributed by atoms with van der Waals surface area (Å²) in [6, 6.07) is 7.36. The van der Waals surface area contributed by atoms with E-state index in [2.05, 4.69) is 26.6 Å². The van der Waals surface area contributed by atoms with Crippen molar-refractivity contribution in [1.29, 1.82) is 0 Å². The minimum atomic E-state index is 0.460. The molecule has 12 heavy (non-hydrogen) atoms. The van der Waals surface area contributed by atoms with Crippen molar-refractivity contribution in [3.05, 3.63) is 33.9 Å². The van der Waals surface area contributed by atoms with Crippen LogP contribution in [0.4, 0.5) is 5.69 Å². The number of hydrogen-bond acceptors (Lipinski definition) is 2. The van der Waals surface area contributed by atoms with E-state index >= 15 is 0 Å². The van der Waals surface area contributed by atoms with Crippen LogP contribution in [0.25, 0.3) is 0 Å². The molecular weight excluding hydrogens is 222 g/mol. The Bertz CT molecular complexity index is 279. The van der Waals surface area contributed by atoms with Gasteiger partial charge in [0.1, 0.15) is 12.7 Å². The van der Waals surface area contributed by atoms with Crippen LogP contribution in [0.5, 0.6) is 0 Å². The van der Waals surface area contributed by atoms with E-state index in [4.69, 9.17) is 0 Å². The summed E-state index contributed by atoms with van der Waals surface area (Å²) in [6.45, 7) is 0. The third kappa shape index (κ3) is 2.87. The predicted molar refractivity (Wildman–Crippen MR) is 49.7 cm³/mol. The Balaban J connectivity index is 2.65. The van der Waals surface area contributed by atoms with Crippen LogP contribution in [-0.2, 0) is 0 Å². The Hall–Kier alpha value is -1.10. The van der Waals surface area contributed by atoms with E-state index in [0.29, 0.717) is 4.86 Å². The molecule has 0 heterocycles. The molecule has 0 unspecified atom stereocenters. The largest absolute Gasteiger partial charge is 0.696 e. The maximum atomic E-state index is 10.4. The molecule has 0 saturated carbocycles. The van der Waals surface area contributed by atoms with E-state index in [1.54, 1.807) is 0 Å². The standard InChI is InChI=1S/C7H8BrN3O/c1-11(12)10-9-7-4-2-6(8)3-5-7/h2-5,9H,1H3/b11-10+. The zero-order valence-electron chi connectivity index (χ0n) is 6.49. The number of hydroxylamine groups is 1. The second-order valence-electron chi connectivity index (χ2n) is 2.18. The molecule has 0 aromatic heterocycles. The summed E-state index contributed by atoms with van der Waals surface area (Å²) in [5, 5.41) is 13.8. The highest BCUT2D eigenvalue weighted by atomic mass is 79.9. The Kier molecular flexibility index (Phi) is 3.04. The molecule has 0 radical (unpaired) electrons. The summed E-state index contributed by atoms with van der Waals surface area (Å²) < 4.78 is 0.989. The average Bonchev–Trinajstić information content (AvgIpc) is 2.03.